The summed E-state index contributed by atoms with van der Waals surface area (Å²) >= 11 is 5.29. The molecule has 2 aromatic heterocycles. The number of aromatic amines is 1. The second-order valence-electron chi connectivity index (χ2n) is 9.83. The predicted molar refractivity (Wildman–Crippen MR) is 134 cm³/mol. The number of nitrogens with one attached hydrogen (secondary N) is 1. The topological polar surface area (TPSA) is 158 Å². The third-order valence-electron chi connectivity index (χ3n) is 7.20. The number of halogens is 3. The Balaban J connectivity index is 1.91. The standard InChI is InChI=1S/C23H33F3N3O7PS/c1-6-21(5,36-37(33,34)22(32,7-2)8-3)10-14-15(30)16(31)17(35-14)12-9-13-19(29-20(12)38)28-18(11(4)27-13)23(24,25)26/h9,14-17,30-32H,6-8,10H2,1-5H3,(H,33,34)(H,28,29,38). The van der Waals surface area contributed by atoms with Crippen molar-refractivity contribution in [3.8, 4) is 0 Å². The van der Waals surface area contributed by atoms with Gasteiger partial charge in [0.1, 0.15) is 28.5 Å². The number of rotatable bonds is 9. The molecule has 15 heteroatoms. The maximum atomic E-state index is 13.2. The lowest BCUT2D eigenvalue weighted by Gasteiger charge is -2.38. The first-order chi connectivity index (χ1) is 17.4. The van der Waals surface area contributed by atoms with E-state index in [0.717, 1.165) is 0 Å². The molecule has 38 heavy (non-hydrogen) atoms. The van der Waals surface area contributed by atoms with E-state index in [4.69, 9.17) is 21.5 Å². The van der Waals surface area contributed by atoms with E-state index in [1.54, 1.807) is 20.8 Å². The largest absolute Gasteiger partial charge is 0.435 e. The van der Waals surface area contributed by atoms with E-state index < -0.39 is 54.8 Å². The zero-order valence-electron chi connectivity index (χ0n) is 21.6. The first kappa shape index (κ1) is 31.0. The van der Waals surface area contributed by atoms with Gasteiger partial charge in [0.15, 0.2) is 16.7 Å². The third kappa shape index (κ3) is 5.83. The van der Waals surface area contributed by atoms with Gasteiger partial charge >= 0.3 is 13.8 Å². The minimum atomic E-state index is -4.71. The molecule has 10 nitrogen and oxygen atoms in total. The average Bonchev–Trinajstić information content (AvgIpc) is 3.09. The molecule has 214 valence electrons. The number of aliphatic hydroxyl groups is 3. The van der Waals surface area contributed by atoms with Crippen LogP contribution >= 0.6 is 19.8 Å². The molecule has 0 saturated carbocycles. The highest BCUT2D eigenvalue weighted by Gasteiger charge is 2.51. The first-order valence-electron chi connectivity index (χ1n) is 12.2. The van der Waals surface area contributed by atoms with Crippen LogP contribution in [0.15, 0.2) is 6.07 Å². The van der Waals surface area contributed by atoms with E-state index in [-0.39, 0.29) is 52.7 Å². The maximum Gasteiger partial charge on any atom is 0.435 e. The molecule has 1 fully saturated rings. The highest BCUT2D eigenvalue weighted by molar-refractivity contribution is 7.71. The van der Waals surface area contributed by atoms with E-state index in [0.29, 0.717) is 0 Å². The van der Waals surface area contributed by atoms with E-state index in [1.807, 2.05) is 0 Å². The van der Waals surface area contributed by atoms with Gasteiger partial charge in [0.25, 0.3) is 0 Å². The number of hydrogen-bond donors (Lipinski definition) is 5. The fourth-order valence-electron chi connectivity index (χ4n) is 4.48. The molecule has 2 aromatic rings. The maximum absolute atomic E-state index is 13.2. The number of alkyl halides is 3. The van der Waals surface area contributed by atoms with Crippen molar-refractivity contribution in [3.05, 3.63) is 27.7 Å². The monoisotopic (exact) mass is 583 g/mol. The molecule has 6 atom stereocenters. The van der Waals surface area contributed by atoms with E-state index >= 15 is 0 Å². The average molecular weight is 584 g/mol. The number of pyridine rings is 1. The quantitative estimate of drug-likeness (QED) is 0.211. The zero-order chi connectivity index (χ0) is 28.8. The minimum absolute atomic E-state index is 0.0205. The predicted octanol–water partition coefficient (Wildman–Crippen LogP) is 4.45. The molecule has 1 aliphatic rings. The van der Waals surface area contributed by atoms with Crippen molar-refractivity contribution in [2.45, 2.75) is 102 Å². The fourth-order valence-corrected chi connectivity index (χ4v) is 6.52. The Morgan fingerprint density at radius 1 is 1.16 bits per heavy atom. The van der Waals surface area contributed by atoms with Gasteiger partial charge in [0, 0.05) is 12.0 Å². The Labute approximate surface area is 222 Å². The summed E-state index contributed by atoms with van der Waals surface area (Å²) < 4.78 is 64.1. The van der Waals surface area contributed by atoms with E-state index in [9.17, 15) is 37.9 Å². The van der Waals surface area contributed by atoms with Crippen molar-refractivity contribution >= 4 is 31.0 Å². The van der Waals surface area contributed by atoms with Crippen LogP contribution in [0.4, 0.5) is 13.2 Å². The van der Waals surface area contributed by atoms with Crippen molar-refractivity contribution in [1.82, 2.24) is 15.0 Å². The van der Waals surface area contributed by atoms with Crippen molar-refractivity contribution in [2.75, 3.05) is 0 Å². The molecule has 0 spiro atoms. The second kappa shape index (κ2) is 10.8. The molecule has 1 saturated heterocycles. The number of H-pyrrole nitrogens is 1. The van der Waals surface area contributed by atoms with E-state index in [1.165, 1.54) is 19.9 Å². The van der Waals surface area contributed by atoms with Crippen LogP contribution in [0.25, 0.3) is 11.2 Å². The summed E-state index contributed by atoms with van der Waals surface area (Å²) in [6.07, 6.45) is -9.85. The Morgan fingerprint density at radius 3 is 2.29 bits per heavy atom. The molecule has 0 bridgehead atoms. The Kier molecular flexibility index (Phi) is 8.83. The number of aryl methyl sites for hydroxylation is 1. The highest BCUT2D eigenvalue weighted by Crippen LogP contribution is 2.60. The van der Waals surface area contributed by atoms with Gasteiger partial charge in [-0.1, -0.05) is 33.0 Å². The van der Waals surface area contributed by atoms with Crippen LogP contribution < -0.4 is 0 Å². The summed E-state index contributed by atoms with van der Waals surface area (Å²) in [4.78, 5) is 20.7. The highest BCUT2D eigenvalue weighted by atomic mass is 32.1. The van der Waals surface area contributed by atoms with Gasteiger partial charge in [-0.3, -0.25) is 4.57 Å². The normalized spacial score (nSPS) is 25.9. The molecule has 0 radical (unpaired) electrons. The van der Waals surface area contributed by atoms with Crippen molar-refractivity contribution in [1.29, 1.82) is 0 Å². The van der Waals surface area contributed by atoms with Crippen molar-refractivity contribution in [3.63, 3.8) is 0 Å². The molecule has 6 unspecified atom stereocenters. The number of aromatic nitrogens is 3. The molecule has 0 aliphatic carbocycles. The van der Waals surface area contributed by atoms with Gasteiger partial charge in [-0.25, -0.2) is 9.97 Å². The lowest BCUT2D eigenvalue weighted by Crippen LogP contribution is -2.40. The lowest BCUT2D eigenvalue weighted by atomic mass is 9.92. The minimum Gasteiger partial charge on any atom is -0.388 e. The van der Waals surface area contributed by atoms with Crippen LogP contribution in [0, 0.1) is 11.6 Å². The summed E-state index contributed by atoms with van der Waals surface area (Å²) in [6, 6.07) is 1.34. The molecule has 1 aliphatic heterocycles. The number of hydrogen-bond acceptors (Lipinski definition) is 9. The number of nitrogens with zero attached hydrogens (tertiary/aromatic N) is 2. The van der Waals surface area contributed by atoms with Gasteiger partial charge in [0.2, 0.25) is 0 Å². The van der Waals surface area contributed by atoms with E-state index in [2.05, 4.69) is 15.0 Å². The fraction of sp³-hybridized carbons (Fsp3) is 0.696. The van der Waals surface area contributed by atoms with Crippen LogP contribution in [0.5, 0.6) is 0 Å². The number of aliphatic hydroxyl groups excluding tert-OH is 2. The van der Waals surface area contributed by atoms with Gasteiger partial charge in [-0.05, 0) is 39.2 Å². The molecular formula is C23H33F3N3O7PS. The Bertz CT molecular complexity index is 1290. The van der Waals surface area contributed by atoms with Gasteiger partial charge in [-0.2, -0.15) is 13.2 Å². The smallest absolute Gasteiger partial charge is 0.388 e. The summed E-state index contributed by atoms with van der Waals surface area (Å²) in [5.41, 5.74) is -2.82. The number of fused-ring (bicyclic) bond motifs is 1. The Hall–Kier alpha value is -1.51. The zero-order valence-corrected chi connectivity index (χ0v) is 23.3. The summed E-state index contributed by atoms with van der Waals surface area (Å²) in [5, 5.41) is 30.2. The number of ether oxygens (including phenoxy) is 1. The molecule has 0 amide bonds. The van der Waals surface area contributed by atoms with Gasteiger partial charge < -0.3 is 34.5 Å². The SMILES string of the molecule is CCC(C)(CC1OC(c2cc3nc(C)c(C(F)(F)F)nc3[nH]c2=S)C(O)C1O)OP(=O)(O)C(O)(CC)CC. The van der Waals surface area contributed by atoms with Crippen LogP contribution in [-0.4, -0.2) is 64.4 Å². The van der Waals surface area contributed by atoms with Crippen molar-refractivity contribution < 1.29 is 47.2 Å². The van der Waals surface area contributed by atoms with Gasteiger partial charge in [-0.15, -0.1) is 0 Å². The molecule has 0 aromatic carbocycles. The van der Waals surface area contributed by atoms with Crippen LogP contribution in [0.3, 0.4) is 0 Å². The van der Waals surface area contributed by atoms with Crippen LogP contribution in [0.1, 0.15) is 76.4 Å². The van der Waals surface area contributed by atoms with Crippen LogP contribution in [-0.2, 0) is 20.0 Å². The summed E-state index contributed by atoms with van der Waals surface area (Å²) in [5.74, 6) is 0. The third-order valence-corrected chi connectivity index (χ3v) is 9.91. The van der Waals surface area contributed by atoms with Crippen LogP contribution in [0.2, 0.25) is 0 Å². The summed E-state index contributed by atoms with van der Waals surface area (Å²) in [7, 11) is -4.53. The first-order valence-corrected chi connectivity index (χ1v) is 14.2. The summed E-state index contributed by atoms with van der Waals surface area (Å²) in [6.45, 7) is 7.53. The molecule has 3 heterocycles. The van der Waals surface area contributed by atoms with Crippen molar-refractivity contribution in [2.24, 2.45) is 0 Å². The Morgan fingerprint density at radius 2 is 1.76 bits per heavy atom. The van der Waals surface area contributed by atoms with Gasteiger partial charge in [0.05, 0.1) is 17.4 Å². The second-order valence-corrected chi connectivity index (χ2v) is 12.3. The molecule has 3 rings (SSSR count). The lowest BCUT2D eigenvalue weighted by molar-refractivity contribution is -0.141. The molecule has 5 N–H and O–H groups in total. The molecular weight excluding hydrogens is 550 g/mol.